The van der Waals surface area contributed by atoms with Gasteiger partial charge in [-0.3, -0.25) is 4.79 Å². The molecule has 4 rings (SSSR count). The molecule has 39 heavy (non-hydrogen) atoms. The van der Waals surface area contributed by atoms with Crippen molar-refractivity contribution in [2.45, 2.75) is 62.2 Å². The molecular weight excluding hydrogens is 520 g/mol. The summed E-state index contributed by atoms with van der Waals surface area (Å²) in [5, 5.41) is 80.9. The maximum absolute atomic E-state index is 12.9. The highest BCUT2D eigenvalue weighted by molar-refractivity contribution is 6.10. The zero-order chi connectivity index (χ0) is 28.4. The smallest absolute Gasteiger partial charge is 0.228 e. The Morgan fingerprint density at radius 2 is 1.54 bits per heavy atom. The van der Waals surface area contributed by atoms with Crippen molar-refractivity contribution in [3.8, 4) is 23.0 Å². The van der Waals surface area contributed by atoms with Gasteiger partial charge in [0.15, 0.2) is 12.1 Å². The van der Waals surface area contributed by atoms with Crippen molar-refractivity contribution >= 4 is 11.9 Å². The summed E-state index contributed by atoms with van der Waals surface area (Å²) in [6, 6.07) is 7.90. The first-order valence-corrected chi connectivity index (χ1v) is 12.0. The highest BCUT2D eigenvalue weighted by atomic mass is 16.7. The van der Waals surface area contributed by atoms with Crippen molar-refractivity contribution in [3.05, 3.63) is 53.6 Å². The number of phenolic OH excluding ortho intramolecular Hbond substituents is 3. The molecule has 0 spiro atoms. The summed E-state index contributed by atoms with van der Waals surface area (Å²) in [7, 11) is 0. The summed E-state index contributed by atoms with van der Waals surface area (Å²) >= 11 is 0. The van der Waals surface area contributed by atoms with E-state index in [1.807, 2.05) is 0 Å². The zero-order valence-electron chi connectivity index (χ0n) is 20.6. The van der Waals surface area contributed by atoms with E-state index in [0.29, 0.717) is 5.56 Å². The number of rotatable bonds is 7. The van der Waals surface area contributed by atoms with Crippen molar-refractivity contribution in [3.63, 3.8) is 0 Å². The second-order valence-electron chi connectivity index (χ2n) is 9.28. The lowest BCUT2D eigenvalue weighted by atomic mass is 9.99. The van der Waals surface area contributed by atoms with Gasteiger partial charge in [0.2, 0.25) is 6.29 Å². The van der Waals surface area contributed by atoms with E-state index < -0.39 is 79.2 Å². The van der Waals surface area contributed by atoms with Gasteiger partial charge in [0, 0.05) is 12.1 Å². The lowest BCUT2D eigenvalue weighted by molar-refractivity contribution is -0.333. The van der Waals surface area contributed by atoms with Crippen LogP contribution in [0.15, 0.2) is 42.5 Å². The molecule has 2 aliphatic heterocycles. The number of hydrogen-bond donors (Lipinski definition) is 8. The van der Waals surface area contributed by atoms with Gasteiger partial charge in [-0.25, -0.2) is 0 Å². The summed E-state index contributed by atoms with van der Waals surface area (Å²) in [5.74, 6) is -2.09. The molecule has 9 atom stereocenters. The predicted octanol–water partition coefficient (Wildman–Crippen LogP) is -0.631. The fourth-order valence-corrected chi connectivity index (χ4v) is 4.18. The Balaban J connectivity index is 1.47. The number of carbonyl (C=O) groups is 1. The number of phenols is 3. The van der Waals surface area contributed by atoms with Crippen molar-refractivity contribution in [1.29, 1.82) is 0 Å². The van der Waals surface area contributed by atoms with E-state index in [9.17, 15) is 45.6 Å². The lowest BCUT2D eigenvalue weighted by Gasteiger charge is -2.43. The maximum Gasteiger partial charge on any atom is 0.228 e. The van der Waals surface area contributed by atoms with Crippen LogP contribution in [0.4, 0.5) is 0 Å². The lowest BCUT2D eigenvalue weighted by Crippen LogP contribution is -2.61. The zero-order valence-corrected chi connectivity index (χ0v) is 20.6. The molecule has 0 saturated carbocycles. The van der Waals surface area contributed by atoms with Crippen LogP contribution < -0.4 is 4.74 Å². The Morgan fingerprint density at radius 3 is 2.23 bits per heavy atom. The topological polar surface area (TPSA) is 216 Å². The average molecular weight is 551 g/mol. The van der Waals surface area contributed by atoms with Crippen LogP contribution in [0.3, 0.4) is 0 Å². The Morgan fingerprint density at radius 1 is 0.872 bits per heavy atom. The normalized spacial score (nSPS) is 33.2. The number of allylic oxidation sites excluding steroid dienone is 1. The summed E-state index contributed by atoms with van der Waals surface area (Å²) in [4.78, 5) is 12.9. The summed E-state index contributed by atoms with van der Waals surface area (Å²) in [5.41, 5.74) is 0.220. The van der Waals surface area contributed by atoms with Crippen LogP contribution in [0.5, 0.6) is 23.0 Å². The van der Waals surface area contributed by atoms with Crippen LogP contribution in [0.25, 0.3) is 6.08 Å². The maximum atomic E-state index is 12.9. The average Bonchev–Trinajstić information content (AvgIpc) is 2.89. The van der Waals surface area contributed by atoms with Crippen LogP contribution in [-0.4, -0.2) is 109 Å². The first-order chi connectivity index (χ1) is 18.5. The molecule has 0 aromatic heterocycles. The van der Waals surface area contributed by atoms with Crippen molar-refractivity contribution in [2.24, 2.45) is 0 Å². The van der Waals surface area contributed by atoms with Gasteiger partial charge < -0.3 is 59.8 Å². The number of aliphatic hydroxyl groups is 5. The van der Waals surface area contributed by atoms with Gasteiger partial charge >= 0.3 is 0 Å². The van der Waals surface area contributed by atoms with Crippen LogP contribution in [0, 0.1) is 0 Å². The molecule has 0 unspecified atom stereocenters. The minimum atomic E-state index is -1.77. The standard InChI is InChI=1S/C26H30O13/c1-11-20(31)22(33)24(35)26(37-11)39-18-10-36-25(23(34)21(18)32)38-17-9-14(28)8-16(30)19(17)15(29)7-4-12-2-5-13(27)6-3-12/h2-9,11,18,20-28,30-35H,10H2,1H3/t11-,18+,20-,21-,22+,23+,24+,25-,26-/m0/s1. The van der Waals surface area contributed by atoms with E-state index in [-0.39, 0.29) is 17.1 Å². The summed E-state index contributed by atoms with van der Waals surface area (Å²) in [6.45, 7) is 1.06. The number of aromatic hydroxyl groups is 3. The van der Waals surface area contributed by atoms with E-state index in [0.717, 1.165) is 18.2 Å². The van der Waals surface area contributed by atoms with Crippen molar-refractivity contribution in [2.75, 3.05) is 6.61 Å². The molecule has 0 amide bonds. The number of hydrogen-bond acceptors (Lipinski definition) is 13. The molecule has 2 aromatic rings. The second kappa shape index (κ2) is 11.9. The van der Waals surface area contributed by atoms with Crippen LogP contribution in [-0.2, 0) is 14.2 Å². The number of carbonyl (C=O) groups excluding carboxylic acids is 1. The summed E-state index contributed by atoms with van der Waals surface area (Å²) in [6.07, 6.45) is -10.6. The van der Waals surface area contributed by atoms with Gasteiger partial charge in [0.1, 0.15) is 65.2 Å². The molecule has 2 aromatic carbocycles. The summed E-state index contributed by atoms with van der Waals surface area (Å²) < 4.78 is 21.9. The van der Waals surface area contributed by atoms with E-state index in [1.54, 1.807) is 12.1 Å². The van der Waals surface area contributed by atoms with Gasteiger partial charge in [-0.05, 0) is 30.7 Å². The van der Waals surface area contributed by atoms with Gasteiger partial charge in [0.25, 0.3) is 0 Å². The first kappa shape index (κ1) is 28.7. The molecule has 13 heteroatoms. The second-order valence-corrected chi connectivity index (χ2v) is 9.28. The third kappa shape index (κ3) is 6.32. The molecule has 212 valence electrons. The van der Waals surface area contributed by atoms with Crippen molar-refractivity contribution < 1.29 is 64.6 Å². The highest BCUT2D eigenvalue weighted by Gasteiger charge is 2.47. The predicted molar refractivity (Wildman–Crippen MR) is 131 cm³/mol. The van der Waals surface area contributed by atoms with Crippen LogP contribution in [0.1, 0.15) is 22.8 Å². The highest BCUT2D eigenvalue weighted by Crippen LogP contribution is 2.36. The molecular formula is C26H30O13. The molecule has 0 bridgehead atoms. The van der Waals surface area contributed by atoms with E-state index >= 15 is 0 Å². The van der Waals surface area contributed by atoms with Crippen LogP contribution in [0.2, 0.25) is 0 Å². The molecule has 0 aliphatic carbocycles. The van der Waals surface area contributed by atoms with Gasteiger partial charge in [-0.15, -0.1) is 0 Å². The largest absolute Gasteiger partial charge is 0.508 e. The third-order valence-electron chi connectivity index (χ3n) is 6.43. The fourth-order valence-electron chi connectivity index (χ4n) is 4.18. The number of benzene rings is 2. The van der Waals surface area contributed by atoms with Crippen LogP contribution >= 0.6 is 0 Å². The first-order valence-electron chi connectivity index (χ1n) is 12.0. The third-order valence-corrected chi connectivity index (χ3v) is 6.43. The number of ether oxygens (including phenoxy) is 4. The Labute approximate surface area is 222 Å². The number of aliphatic hydroxyl groups excluding tert-OH is 5. The molecule has 2 aliphatic rings. The van der Waals surface area contributed by atoms with Gasteiger partial charge in [-0.1, -0.05) is 18.2 Å². The van der Waals surface area contributed by atoms with Crippen molar-refractivity contribution in [1.82, 2.24) is 0 Å². The minimum absolute atomic E-state index is 0.0413. The van der Waals surface area contributed by atoms with E-state index in [4.69, 9.17) is 18.9 Å². The fraction of sp³-hybridized carbons (Fsp3) is 0.423. The SMILES string of the molecule is C[C@@H]1O[C@@H](O[C@@H]2CO[C@@H](Oc3cc(O)cc(O)c3C(=O)C=Cc3ccc(O)cc3)[C@H](O)[C@H]2O)[C@H](O)[C@H](O)[C@H]1O. The number of ketones is 1. The Kier molecular flexibility index (Phi) is 8.73. The molecule has 0 radical (unpaired) electrons. The van der Waals surface area contributed by atoms with Gasteiger partial charge in [-0.2, -0.15) is 0 Å². The molecule has 2 fully saturated rings. The monoisotopic (exact) mass is 550 g/mol. The minimum Gasteiger partial charge on any atom is -0.508 e. The van der Waals surface area contributed by atoms with E-state index in [2.05, 4.69) is 0 Å². The molecule has 8 N–H and O–H groups in total. The Bertz CT molecular complexity index is 1180. The Hall–Kier alpha value is -3.27. The van der Waals surface area contributed by atoms with Gasteiger partial charge in [0.05, 0.1) is 12.7 Å². The molecule has 13 nitrogen and oxygen atoms in total. The molecule has 2 heterocycles. The molecule has 2 saturated heterocycles. The quantitative estimate of drug-likeness (QED) is 0.159. The van der Waals surface area contributed by atoms with E-state index in [1.165, 1.54) is 25.1 Å².